The van der Waals surface area contributed by atoms with E-state index in [0.717, 1.165) is 0 Å². The summed E-state index contributed by atoms with van der Waals surface area (Å²) in [6.45, 7) is 5.03. The fourth-order valence-electron chi connectivity index (χ4n) is 2.41. The number of halogens is 3. The molecule has 1 saturated carbocycles. The third-order valence-corrected chi connectivity index (χ3v) is 4.23. The standard InChI is InChI=1S/C17H20F3NO4S/c1-16(2,3)25-15(24)21(11-6-7-11)13(14(22)23)10-4-8-12(9-5-10)26-17(18,19)20/h4-5,8-9,11,13H,6-7H2,1-3H3,(H,22,23). The molecule has 1 unspecified atom stereocenters. The number of carbonyl (C=O) groups excluding carboxylic acids is 1. The first-order valence-corrected chi connectivity index (χ1v) is 8.79. The summed E-state index contributed by atoms with van der Waals surface area (Å²) in [5.74, 6) is -1.26. The van der Waals surface area contributed by atoms with E-state index in [0.29, 0.717) is 12.8 Å². The van der Waals surface area contributed by atoms with Gasteiger partial charge in [-0.3, -0.25) is 4.90 Å². The van der Waals surface area contributed by atoms with Crippen LogP contribution >= 0.6 is 11.8 Å². The zero-order valence-electron chi connectivity index (χ0n) is 14.5. The molecule has 0 radical (unpaired) electrons. The number of rotatable bonds is 5. The van der Waals surface area contributed by atoms with Crippen molar-refractivity contribution in [2.24, 2.45) is 0 Å². The molecule has 1 aromatic rings. The van der Waals surface area contributed by atoms with E-state index in [9.17, 15) is 27.9 Å². The predicted octanol–water partition coefficient (Wildman–Crippen LogP) is 4.82. The van der Waals surface area contributed by atoms with Crippen LogP contribution in [-0.4, -0.2) is 39.2 Å². The highest BCUT2D eigenvalue weighted by atomic mass is 32.2. The van der Waals surface area contributed by atoms with Crippen LogP contribution in [0.4, 0.5) is 18.0 Å². The third-order valence-electron chi connectivity index (χ3n) is 3.49. The van der Waals surface area contributed by atoms with Crippen molar-refractivity contribution in [2.75, 3.05) is 0 Å². The maximum atomic E-state index is 12.5. The van der Waals surface area contributed by atoms with E-state index in [4.69, 9.17) is 4.74 Å². The van der Waals surface area contributed by atoms with Gasteiger partial charge in [-0.15, -0.1) is 0 Å². The second-order valence-corrected chi connectivity index (χ2v) is 8.11. The number of nitrogens with zero attached hydrogens (tertiary/aromatic N) is 1. The van der Waals surface area contributed by atoms with E-state index in [2.05, 4.69) is 0 Å². The van der Waals surface area contributed by atoms with Crippen molar-refractivity contribution >= 4 is 23.8 Å². The summed E-state index contributed by atoms with van der Waals surface area (Å²) >= 11 is -0.282. The summed E-state index contributed by atoms with van der Waals surface area (Å²) in [4.78, 5) is 25.4. The van der Waals surface area contributed by atoms with Crippen LogP contribution in [0.1, 0.15) is 45.2 Å². The Kier molecular flexibility index (Phi) is 5.79. The Morgan fingerprint density at radius 2 is 1.73 bits per heavy atom. The molecular formula is C17H20F3NO4S. The Bertz CT molecular complexity index is 666. The summed E-state index contributed by atoms with van der Waals surface area (Å²) in [5.41, 5.74) is -4.99. The second-order valence-electron chi connectivity index (χ2n) is 6.98. The van der Waals surface area contributed by atoms with Gasteiger partial charge in [0.1, 0.15) is 5.60 Å². The van der Waals surface area contributed by atoms with Crippen LogP contribution in [0.15, 0.2) is 29.2 Å². The molecule has 1 atom stereocenters. The number of aliphatic carboxylic acids is 1. The van der Waals surface area contributed by atoms with Gasteiger partial charge >= 0.3 is 17.6 Å². The van der Waals surface area contributed by atoms with Crippen molar-refractivity contribution in [3.8, 4) is 0 Å². The molecule has 144 valence electrons. The topological polar surface area (TPSA) is 66.8 Å². The summed E-state index contributed by atoms with van der Waals surface area (Å²) in [7, 11) is 0. The van der Waals surface area contributed by atoms with E-state index in [1.165, 1.54) is 29.2 Å². The van der Waals surface area contributed by atoms with Crippen LogP contribution in [-0.2, 0) is 9.53 Å². The van der Waals surface area contributed by atoms with Gasteiger partial charge in [-0.2, -0.15) is 13.2 Å². The summed E-state index contributed by atoms with van der Waals surface area (Å²) in [5, 5.41) is 9.64. The van der Waals surface area contributed by atoms with Crippen LogP contribution in [0.2, 0.25) is 0 Å². The van der Waals surface area contributed by atoms with Crippen molar-refractivity contribution in [2.45, 2.75) is 61.7 Å². The van der Waals surface area contributed by atoms with Crippen LogP contribution in [0.25, 0.3) is 0 Å². The Hall–Kier alpha value is -1.90. The van der Waals surface area contributed by atoms with E-state index in [-0.39, 0.29) is 28.3 Å². The van der Waals surface area contributed by atoms with Crippen LogP contribution in [0.3, 0.4) is 0 Å². The molecule has 0 spiro atoms. The highest BCUT2D eigenvalue weighted by Crippen LogP contribution is 2.39. The fraction of sp³-hybridized carbons (Fsp3) is 0.529. The lowest BCUT2D eigenvalue weighted by Crippen LogP contribution is -2.43. The van der Waals surface area contributed by atoms with Crippen molar-refractivity contribution < 1.29 is 32.6 Å². The molecule has 0 heterocycles. The molecule has 9 heteroatoms. The van der Waals surface area contributed by atoms with Gasteiger partial charge in [-0.1, -0.05) is 12.1 Å². The molecule has 0 aliphatic heterocycles. The van der Waals surface area contributed by atoms with Crippen molar-refractivity contribution in [3.63, 3.8) is 0 Å². The lowest BCUT2D eigenvalue weighted by molar-refractivity contribution is -0.143. The Morgan fingerprint density at radius 1 is 1.19 bits per heavy atom. The van der Waals surface area contributed by atoms with Crippen LogP contribution in [0.5, 0.6) is 0 Å². The number of thioether (sulfide) groups is 1. The number of hydrogen-bond donors (Lipinski definition) is 1. The average molecular weight is 391 g/mol. The number of carboxylic acid groups (broad SMARTS) is 1. The van der Waals surface area contributed by atoms with E-state index < -0.39 is 29.2 Å². The molecule has 2 rings (SSSR count). The molecule has 1 fully saturated rings. The van der Waals surface area contributed by atoms with Gasteiger partial charge in [0.25, 0.3) is 0 Å². The van der Waals surface area contributed by atoms with Gasteiger partial charge in [-0.25, -0.2) is 9.59 Å². The minimum Gasteiger partial charge on any atom is -0.479 e. The normalized spacial score (nSPS) is 16.1. The monoisotopic (exact) mass is 391 g/mol. The molecular weight excluding hydrogens is 371 g/mol. The smallest absolute Gasteiger partial charge is 0.446 e. The van der Waals surface area contributed by atoms with Gasteiger partial charge < -0.3 is 9.84 Å². The first-order valence-electron chi connectivity index (χ1n) is 7.97. The molecule has 0 aromatic heterocycles. The summed E-state index contributed by atoms with van der Waals surface area (Å²) in [6.07, 6.45) is 0.567. The number of alkyl halides is 3. The van der Waals surface area contributed by atoms with Gasteiger partial charge in [0, 0.05) is 10.9 Å². The van der Waals surface area contributed by atoms with Crippen molar-refractivity contribution in [3.05, 3.63) is 29.8 Å². The maximum Gasteiger partial charge on any atom is 0.446 e. The maximum absolute atomic E-state index is 12.5. The quantitative estimate of drug-likeness (QED) is 0.729. The Labute approximate surface area is 153 Å². The average Bonchev–Trinajstić information content (AvgIpc) is 3.26. The molecule has 1 aromatic carbocycles. The van der Waals surface area contributed by atoms with Gasteiger partial charge in [0.05, 0.1) is 0 Å². The number of benzene rings is 1. The minimum atomic E-state index is -4.43. The first kappa shape index (κ1) is 20.4. The van der Waals surface area contributed by atoms with Gasteiger partial charge in [-0.05, 0) is 63.1 Å². The minimum absolute atomic E-state index is 0.0550. The molecule has 1 aliphatic carbocycles. The molecule has 1 aliphatic rings. The zero-order valence-corrected chi connectivity index (χ0v) is 15.4. The highest BCUT2D eigenvalue weighted by Gasteiger charge is 2.43. The highest BCUT2D eigenvalue weighted by molar-refractivity contribution is 8.00. The van der Waals surface area contributed by atoms with E-state index >= 15 is 0 Å². The molecule has 0 bridgehead atoms. The molecule has 5 nitrogen and oxygen atoms in total. The largest absolute Gasteiger partial charge is 0.479 e. The van der Waals surface area contributed by atoms with Crippen molar-refractivity contribution in [1.82, 2.24) is 4.90 Å². The molecule has 0 saturated heterocycles. The van der Waals surface area contributed by atoms with Gasteiger partial charge in [0.2, 0.25) is 0 Å². The summed E-state index contributed by atoms with van der Waals surface area (Å²) in [6, 6.07) is 3.42. The molecule has 1 N–H and O–H groups in total. The SMILES string of the molecule is CC(C)(C)OC(=O)N(C1CC1)C(C(=O)O)c1ccc(SC(F)(F)F)cc1. The molecule has 1 amide bonds. The van der Waals surface area contributed by atoms with Crippen molar-refractivity contribution in [1.29, 1.82) is 0 Å². The van der Waals surface area contributed by atoms with E-state index in [1.807, 2.05) is 0 Å². The lowest BCUT2D eigenvalue weighted by Gasteiger charge is -2.31. The third kappa shape index (κ3) is 5.82. The van der Waals surface area contributed by atoms with Crippen LogP contribution < -0.4 is 0 Å². The number of amides is 1. The number of ether oxygens (including phenoxy) is 1. The van der Waals surface area contributed by atoms with Gasteiger partial charge in [0.15, 0.2) is 6.04 Å². The molecule has 26 heavy (non-hydrogen) atoms. The fourth-order valence-corrected chi connectivity index (χ4v) is 2.95. The lowest BCUT2D eigenvalue weighted by atomic mass is 10.1. The Morgan fingerprint density at radius 3 is 2.12 bits per heavy atom. The first-order chi connectivity index (χ1) is 11.9. The Balaban J connectivity index is 2.28. The number of hydrogen-bond acceptors (Lipinski definition) is 4. The number of carboxylic acids is 1. The summed E-state index contributed by atoms with van der Waals surface area (Å²) < 4.78 is 42.6. The number of carbonyl (C=O) groups is 2. The van der Waals surface area contributed by atoms with Crippen LogP contribution in [0, 0.1) is 0 Å². The predicted molar refractivity (Wildman–Crippen MR) is 89.8 cm³/mol. The van der Waals surface area contributed by atoms with E-state index in [1.54, 1.807) is 20.8 Å². The second kappa shape index (κ2) is 7.38. The zero-order chi connectivity index (χ0) is 19.7.